The average Bonchev–Trinajstić information content (AvgIpc) is 2.54. The van der Waals surface area contributed by atoms with E-state index < -0.39 is 0 Å². The van der Waals surface area contributed by atoms with Crippen molar-refractivity contribution in [2.24, 2.45) is 0 Å². The molecule has 2 aromatic rings. The van der Waals surface area contributed by atoms with E-state index in [9.17, 15) is 4.79 Å². The van der Waals surface area contributed by atoms with Gasteiger partial charge in [-0.3, -0.25) is 4.79 Å². The van der Waals surface area contributed by atoms with Crippen LogP contribution in [0.4, 0.5) is 5.69 Å². The molecule has 0 saturated carbocycles. The number of rotatable bonds is 4. The van der Waals surface area contributed by atoms with Gasteiger partial charge in [0.2, 0.25) is 5.91 Å². The molecule has 1 aliphatic rings. The average molecular weight is 327 g/mol. The highest BCUT2D eigenvalue weighted by molar-refractivity contribution is 5.93. The van der Waals surface area contributed by atoms with Crippen LogP contribution in [0.2, 0.25) is 0 Å². The summed E-state index contributed by atoms with van der Waals surface area (Å²) in [6, 6.07) is 9.42. The third kappa shape index (κ3) is 3.45. The van der Waals surface area contributed by atoms with Gasteiger partial charge >= 0.3 is 0 Å². The molecule has 0 unspecified atom stereocenters. The van der Waals surface area contributed by atoms with E-state index in [-0.39, 0.29) is 12.3 Å². The van der Waals surface area contributed by atoms with E-state index in [0.29, 0.717) is 30.4 Å². The molecule has 1 N–H and O–H groups in total. The van der Waals surface area contributed by atoms with Crippen molar-refractivity contribution in [1.82, 2.24) is 0 Å². The van der Waals surface area contributed by atoms with Crippen LogP contribution < -0.4 is 19.5 Å². The van der Waals surface area contributed by atoms with Crippen LogP contribution in [0.15, 0.2) is 30.3 Å². The minimum Gasteiger partial charge on any atom is -0.496 e. The second-order valence-corrected chi connectivity index (χ2v) is 5.86. The van der Waals surface area contributed by atoms with Crippen LogP contribution >= 0.6 is 0 Å². The van der Waals surface area contributed by atoms with Crippen molar-refractivity contribution in [3.63, 3.8) is 0 Å². The second kappa shape index (κ2) is 6.83. The third-order valence-electron chi connectivity index (χ3n) is 3.88. The molecule has 2 aromatic carbocycles. The molecule has 0 spiro atoms. The number of nitrogens with one attached hydrogen (secondary N) is 1. The van der Waals surface area contributed by atoms with Crippen LogP contribution in [-0.2, 0) is 11.2 Å². The van der Waals surface area contributed by atoms with E-state index in [0.717, 1.165) is 22.4 Å². The van der Waals surface area contributed by atoms with Gasteiger partial charge in [-0.2, -0.15) is 0 Å². The first kappa shape index (κ1) is 16.2. The van der Waals surface area contributed by atoms with Crippen molar-refractivity contribution in [3.05, 3.63) is 47.0 Å². The van der Waals surface area contributed by atoms with Gasteiger partial charge in [0, 0.05) is 17.3 Å². The van der Waals surface area contributed by atoms with Crippen molar-refractivity contribution in [3.8, 4) is 17.2 Å². The Morgan fingerprint density at radius 1 is 1.12 bits per heavy atom. The minimum atomic E-state index is -0.102. The number of fused-ring (bicyclic) bond motifs is 1. The summed E-state index contributed by atoms with van der Waals surface area (Å²) in [5, 5.41) is 2.90. The van der Waals surface area contributed by atoms with Crippen LogP contribution in [0.5, 0.6) is 17.2 Å². The summed E-state index contributed by atoms with van der Waals surface area (Å²) in [4.78, 5) is 12.4. The zero-order valence-electron chi connectivity index (χ0n) is 14.1. The zero-order valence-corrected chi connectivity index (χ0v) is 14.1. The summed E-state index contributed by atoms with van der Waals surface area (Å²) >= 11 is 0. The molecule has 24 heavy (non-hydrogen) atoms. The van der Waals surface area contributed by atoms with Gasteiger partial charge in [0.15, 0.2) is 11.5 Å². The largest absolute Gasteiger partial charge is 0.496 e. The fraction of sp³-hybridized carbons (Fsp3) is 0.316. The van der Waals surface area contributed by atoms with Crippen molar-refractivity contribution in [2.75, 3.05) is 25.6 Å². The molecule has 0 radical (unpaired) electrons. The number of anilines is 1. The summed E-state index contributed by atoms with van der Waals surface area (Å²) in [6.45, 7) is 5.05. The first-order valence-corrected chi connectivity index (χ1v) is 7.90. The van der Waals surface area contributed by atoms with E-state index in [1.807, 2.05) is 38.1 Å². The van der Waals surface area contributed by atoms with Crippen LogP contribution in [0.1, 0.15) is 16.7 Å². The number of aryl methyl sites for hydroxylation is 2. The number of methoxy groups -OCH3 is 1. The molecule has 5 heteroatoms. The standard InChI is InChI=1S/C19H21NO4/c1-12-8-13(2)19(22-3)14(9-12)10-18(21)20-15-4-5-16-17(11-15)24-7-6-23-16/h4-5,8-9,11H,6-7,10H2,1-3H3,(H,20,21). The van der Waals surface area contributed by atoms with Gasteiger partial charge in [-0.05, 0) is 31.5 Å². The molecule has 1 heterocycles. The molecule has 1 aliphatic heterocycles. The highest BCUT2D eigenvalue weighted by atomic mass is 16.6. The maximum absolute atomic E-state index is 12.4. The van der Waals surface area contributed by atoms with E-state index in [2.05, 4.69) is 5.32 Å². The van der Waals surface area contributed by atoms with Crippen molar-refractivity contribution in [1.29, 1.82) is 0 Å². The Morgan fingerprint density at radius 3 is 2.62 bits per heavy atom. The predicted octanol–water partition coefficient (Wildman–Crippen LogP) is 3.26. The van der Waals surface area contributed by atoms with Crippen molar-refractivity contribution < 1.29 is 19.0 Å². The second-order valence-electron chi connectivity index (χ2n) is 5.86. The summed E-state index contributed by atoms with van der Waals surface area (Å²) in [6.07, 6.45) is 0.250. The molecule has 0 fully saturated rings. The molecule has 126 valence electrons. The number of carbonyl (C=O) groups excluding carboxylic acids is 1. The normalized spacial score (nSPS) is 12.6. The number of hydrogen-bond donors (Lipinski definition) is 1. The SMILES string of the molecule is COc1c(C)cc(C)cc1CC(=O)Nc1ccc2c(c1)OCCO2. The topological polar surface area (TPSA) is 56.8 Å². The van der Waals surface area contributed by atoms with Crippen LogP contribution in [0, 0.1) is 13.8 Å². The van der Waals surface area contributed by atoms with Gasteiger partial charge in [0.1, 0.15) is 19.0 Å². The van der Waals surface area contributed by atoms with Crippen molar-refractivity contribution in [2.45, 2.75) is 20.3 Å². The summed E-state index contributed by atoms with van der Waals surface area (Å²) in [5.74, 6) is 2.02. The highest BCUT2D eigenvalue weighted by Gasteiger charge is 2.15. The van der Waals surface area contributed by atoms with Gasteiger partial charge in [-0.1, -0.05) is 17.7 Å². The predicted molar refractivity (Wildman–Crippen MR) is 92.2 cm³/mol. The van der Waals surface area contributed by atoms with E-state index in [1.165, 1.54) is 0 Å². The van der Waals surface area contributed by atoms with E-state index in [4.69, 9.17) is 14.2 Å². The number of amides is 1. The Labute approximate surface area is 141 Å². The molecular weight excluding hydrogens is 306 g/mol. The van der Waals surface area contributed by atoms with Gasteiger partial charge in [-0.15, -0.1) is 0 Å². The van der Waals surface area contributed by atoms with Crippen LogP contribution in [-0.4, -0.2) is 26.2 Å². The summed E-state index contributed by atoms with van der Waals surface area (Å²) in [7, 11) is 1.62. The lowest BCUT2D eigenvalue weighted by molar-refractivity contribution is -0.115. The maximum atomic E-state index is 12.4. The smallest absolute Gasteiger partial charge is 0.228 e. The lowest BCUT2D eigenvalue weighted by Gasteiger charge is -2.19. The fourth-order valence-corrected chi connectivity index (χ4v) is 2.97. The lowest BCUT2D eigenvalue weighted by Crippen LogP contribution is -2.17. The maximum Gasteiger partial charge on any atom is 0.228 e. The molecule has 0 aromatic heterocycles. The summed E-state index contributed by atoms with van der Waals surface area (Å²) in [5.41, 5.74) is 3.70. The van der Waals surface area contributed by atoms with Gasteiger partial charge in [-0.25, -0.2) is 0 Å². The molecule has 3 rings (SSSR count). The van der Waals surface area contributed by atoms with E-state index in [1.54, 1.807) is 13.2 Å². The van der Waals surface area contributed by atoms with Crippen molar-refractivity contribution >= 4 is 11.6 Å². The Morgan fingerprint density at radius 2 is 1.88 bits per heavy atom. The molecule has 0 saturated heterocycles. The Kier molecular flexibility index (Phi) is 4.60. The highest BCUT2D eigenvalue weighted by Crippen LogP contribution is 2.33. The molecule has 0 bridgehead atoms. The Balaban J connectivity index is 1.74. The minimum absolute atomic E-state index is 0.102. The molecule has 0 aliphatic carbocycles. The first-order valence-electron chi connectivity index (χ1n) is 7.90. The fourth-order valence-electron chi connectivity index (χ4n) is 2.97. The third-order valence-corrected chi connectivity index (χ3v) is 3.88. The van der Waals surface area contributed by atoms with Crippen LogP contribution in [0.25, 0.3) is 0 Å². The lowest BCUT2D eigenvalue weighted by atomic mass is 10.0. The van der Waals surface area contributed by atoms with Crippen LogP contribution in [0.3, 0.4) is 0 Å². The summed E-state index contributed by atoms with van der Waals surface area (Å²) < 4.78 is 16.5. The van der Waals surface area contributed by atoms with Gasteiger partial charge in [0.25, 0.3) is 0 Å². The zero-order chi connectivity index (χ0) is 17.1. The number of benzene rings is 2. The quantitative estimate of drug-likeness (QED) is 0.936. The van der Waals surface area contributed by atoms with E-state index >= 15 is 0 Å². The Hall–Kier alpha value is -2.69. The molecular formula is C19H21NO4. The first-order chi connectivity index (χ1) is 11.6. The number of hydrogen-bond acceptors (Lipinski definition) is 4. The van der Waals surface area contributed by atoms with Gasteiger partial charge in [0.05, 0.1) is 13.5 Å². The van der Waals surface area contributed by atoms with Gasteiger partial charge < -0.3 is 19.5 Å². The number of ether oxygens (including phenoxy) is 3. The Bertz CT molecular complexity index is 770. The monoisotopic (exact) mass is 327 g/mol. The molecule has 5 nitrogen and oxygen atoms in total. The molecule has 0 atom stereocenters. The molecule has 1 amide bonds. The number of carbonyl (C=O) groups is 1.